The van der Waals surface area contributed by atoms with Crippen LogP contribution < -0.4 is 5.43 Å². The van der Waals surface area contributed by atoms with Crippen LogP contribution in [0.2, 0.25) is 0 Å². The summed E-state index contributed by atoms with van der Waals surface area (Å²) in [6, 6.07) is 6.53. The Morgan fingerprint density at radius 1 is 1.39 bits per heavy atom. The predicted molar refractivity (Wildman–Crippen MR) is 70.4 cm³/mol. The zero-order valence-electron chi connectivity index (χ0n) is 9.90. The van der Waals surface area contributed by atoms with Crippen molar-refractivity contribution < 1.29 is 13.9 Å². The first-order valence-corrected chi connectivity index (χ1v) is 6.17. The molecule has 0 saturated carbocycles. The topological polar surface area (TPSA) is 56.5 Å². The van der Waals surface area contributed by atoms with Crippen LogP contribution in [0.25, 0.3) is 11.0 Å². The third-order valence-electron chi connectivity index (χ3n) is 2.45. The minimum absolute atomic E-state index is 0.161. The Labute approximate surface area is 112 Å². The molecule has 1 heterocycles. The predicted octanol–water partition coefficient (Wildman–Crippen LogP) is 3.18. The molecule has 18 heavy (non-hydrogen) atoms. The van der Waals surface area contributed by atoms with Gasteiger partial charge >= 0.3 is 5.97 Å². The van der Waals surface area contributed by atoms with Gasteiger partial charge in [0.25, 0.3) is 0 Å². The SMILES string of the molecule is CC(=O)OC(C)c1cc(=O)c2cc(Br)ccc2o1. The molecule has 0 radical (unpaired) electrons. The van der Waals surface area contributed by atoms with Crippen LogP contribution >= 0.6 is 15.9 Å². The molecule has 0 spiro atoms. The molecule has 0 aliphatic rings. The van der Waals surface area contributed by atoms with Crippen molar-refractivity contribution in [2.75, 3.05) is 0 Å². The van der Waals surface area contributed by atoms with Crippen LogP contribution in [0.4, 0.5) is 0 Å². The van der Waals surface area contributed by atoms with Gasteiger partial charge in [0.2, 0.25) is 0 Å². The number of carbonyl (C=O) groups excluding carboxylic acids is 1. The lowest BCUT2D eigenvalue weighted by atomic mass is 10.2. The van der Waals surface area contributed by atoms with E-state index in [2.05, 4.69) is 15.9 Å². The molecule has 1 aromatic carbocycles. The van der Waals surface area contributed by atoms with E-state index in [1.807, 2.05) is 0 Å². The summed E-state index contributed by atoms with van der Waals surface area (Å²) in [6.07, 6.45) is -0.580. The zero-order chi connectivity index (χ0) is 13.3. The third-order valence-corrected chi connectivity index (χ3v) is 2.94. The number of hydrogen-bond acceptors (Lipinski definition) is 4. The molecule has 2 aromatic rings. The van der Waals surface area contributed by atoms with Crippen molar-refractivity contribution in [2.24, 2.45) is 0 Å². The molecule has 0 saturated heterocycles. The molecule has 0 fully saturated rings. The van der Waals surface area contributed by atoms with Gasteiger partial charge in [-0.3, -0.25) is 9.59 Å². The van der Waals surface area contributed by atoms with Crippen molar-refractivity contribution in [3.63, 3.8) is 0 Å². The van der Waals surface area contributed by atoms with Crippen LogP contribution in [0.3, 0.4) is 0 Å². The minimum atomic E-state index is -0.580. The molecule has 0 aliphatic carbocycles. The van der Waals surface area contributed by atoms with Crippen molar-refractivity contribution in [3.05, 3.63) is 44.7 Å². The average molecular weight is 311 g/mol. The highest BCUT2D eigenvalue weighted by Gasteiger charge is 2.14. The molecule has 5 heteroatoms. The van der Waals surface area contributed by atoms with Crippen molar-refractivity contribution in [3.8, 4) is 0 Å². The quantitative estimate of drug-likeness (QED) is 0.799. The van der Waals surface area contributed by atoms with E-state index in [1.54, 1.807) is 25.1 Å². The van der Waals surface area contributed by atoms with E-state index >= 15 is 0 Å². The van der Waals surface area contributed by atoms with E-state index < -0.39 is 12.1 Å². The van der Waals surface area contributed by atoms with Crippen molar-refractivity contribution in [1.82, 2.24) is 0 Å². The van der Waals surface area contributed by atoms with Crippen LogP contribution in [0.15, 0.2) is 37.9 Å². The largest absolute Gasteiger partial charge is 0.457 e. The molecule has 1 unspecified atom stereocenters. The van der Waals surface area contributed by atoms with E-state index in [4.69, 9.17) is 9.15 Å². The maximum Gasteiger partial charge on any atom is 0.303 e. The maximum absolute atomic E-state index is 11.9. The smallest absolute Gasteiger partial charge is 0.303 e. The number of carbonyl (C=O) groups is 1. The monoisotopic (exact) mass is 310 g/mol. The Morgan fingerprint density at radius 3 is 2.78 bits per heavy atom. The van der Waals surface area contributed by atoms with Gasteiger partial charge in [0.1, 0.15) is 11.3 Å². The Kier molecular flexibility index (Phi) is 3.52. The second-order valence-corrected chi connectivity index (χ2v) is 4.82. The number of fused-ring (bicyclic) bond motifs is 1. The molecule has 4 nitrogen and oxygen atoms in total. The van der Waals surface area contributed by atoms with Crippen LogP contribution in [0, 0.1) is 0 Å². The number of ether oxygens (including phenoxy) is 1. The summed E-state index contributed by atoms with van der Waals surface area (Å²) in [4.78, 5) is 22.8. The first kappa shape index (κ1) is 12.8. The first-order valence-electron chi connectivity index (χ1n) is 5.38. The van der Waals surface area contributed by atoms with Crippen molar-refractivity contribution in [2.45, 2.75) is 20.0 Å². The van der Waals surface area contributed by atoms with Gasteiger partial charge in [-0.15, -0.1) is 0 Å². The van der Waals surface area contributed by atoms with E-state index in [0.717, 1.165) is 4.47 Å². The van der Waals surface area contributed by atoms with Crippen molar-refractivity contribution in [1.29, 1.82) is 0 Å². The van der Waals surface area contributed by atoms with Crippen LogP contribution in [-0.2, 0) is 9.53 Å². The number of hydrogen-bond donors (Lipinski definition) is 0. The molecular weight excluding hydrogens is 300 g/mol. The number of rotatable bonds is 2. The fourth-order valence-electron chi connectivity index (χ4n) is 1.65. The summed E-state index contributed by atoms with van der Waals surface area (Å²) in [5, 5.41) is 0.489. The molecule has 1 aromatic heterocycles. The lowest BCUT2D eigenvalue weighted by molar-refractivity contribution is -0.146. The Bertz CT molecular complexity index is 660. The second kappa shape index (κ2) is 4.94. The lowest BCUT2D eigenvalue weighted by Gasteiger charge is -2.11. The van der Waals surface area contributed by atoms with Crippen LogP contribution in [-0.4, -0.2) is 5.97 Å². The highest BCUT2D eigenvalue weighted by Crippen LogP contribution is 2.22. The van der Waals surface area contributed by atoms with Gasteiger partial charge in [-0.25, -0.2) is 0 Å². The molecule has 94 valence electrons. The minimum Gasteiger partial charge on any atom is -0.457 e. The first-order chi connectivity index (χ1) is 8.47. The maximum atomic E-state index is 11.9. The molecule has 0 N–H and O–H groups in total. The van der Waals surface area contributed by atoms with Gasteiger partial charge < -0.3 is 9.15 Å². The van der Waals surface area contributed by atoms with Crippen LogP contribution in [0.1, 0.15) is 25.7 Å². The summed E-state index contributed by atoms with van der Waals surface area (Å²) in [5.41, 5.74) is 0.311. The summed E-state index contributed by atoms with van der Waals surface area (Å²) in [6.45, 7) is 2.97. The molecule has 2 rings (SSSR count). The summed E-state index contributed by atoms with van der Waals surface area (Å²) < 4.78 is 11.4. The zero-order valence-corrected chi connectivity index (χ0v) is 11.5. The Morgan fingerprint density at radius 2 is 2.11 bits per heavy atom. The van der Waals surface area contributed by atoms with Gasteiger partial charge in [0, 0.05) is 17.5 Å². The highest BCUT2D eigenvalue weighted by molar-refractivity contribution is 9.10. The van der Waals surface area contributed by atoms with Gasteiger partial charge in [-0.1, -0.05) is 15.9 Å². The number of halogens is 1. The normalized spacial score (nSPS) is 12.4. The fraction of sp³-hybridized carbons (Fsp3) is 0.231. The number of esters is 1. The lowest BCUT2D eigenvalue weighted by Crippen LogP contribution is -2.09. The number of benzene rings is 1. The summed E-state index contributed by atoms with van der Waals surface area (Å²) in [7, 11) is 0. The molecule has 0 aliphatic heterocycles. The van der Waals surface area contributed by atoms with Crippen molar-refractivity contribution >= 4 is 32.9 Å². The van der Waals surface area contributed by atoms with Gasteiger partial charge in [0.15, 0.2) is 11.5 Å². The van der Waals surface area contributed by atoms with E-state index in [1.165, 1.54) is 13.0 Å². The summed E-state index contributed by atoms with van der Waals surface area (Å²) >= 11 is 3.30. The van der Waals surface area contributed by atoms with E-state index in [-0.39, 0.29) is 5.43 Å². The van der Waals surface area contributed by atoms with E-state index in [9.17, 15) is 9.59 Å². The standard InChI is InChI=1S/C13H11BrO4/c1-7(17-8(2)15)13-6-11(16)10-5-9(14)3-4-12(10)18-13/h3-7H,1-2H3. The van der Waals surface area contributed by atoms with Gasteiger partial charge in [-0.2, -0.15) is 0 Å². The average Bonchev–Trinajstić information content (AvgIpc) is 2.29. The molecular formula is C13H11BrO4. The Balaban J connectivity index is 2.52. The van der Waals surface area contributed by atoms with E-state index in [0.29, 0.717) is 16.7 Å². The second-order valence-electron chi connectivity index (χ2n) is 3.91. The van der Waals surface area contributed by atoms with Crippen LogP contribution in [0.5, 0.6) is 0 Å². The van der Waals surface area contributed by atoms with Gasteiger partial charge in [-0.05, 0) is 25.1 Å². The third kappa shape index (κ3) is 2.61. The molecule has 0 amide bonds. The van der Waals surface area contributed by atoms with Gasteiger partial charge in [0.05, 0.1) is 5.39 Å². The molecule has 1 atom stereocenters. The Hall–Kier alpha value is -1.62. The highest BCUT2D eigenvalue weighted by atomic mass is 79.9. The fourth-order valence-corrected chi connectivity index (χ4v) is 2.02. The molecule has 0 bridgehead atoms. The summed E-state index contributed by atoms with van der Waals surface area (Å²) in [5.74, 6) is -0.0777.